The maximum Gasteiger partial charge on any atom is 0.137 e. The summed E-state index contributed by atoms with van der Waals surface area (Å²) in [6.45, 7) is 0. The Morgan fingerprint density at radius 1 is 1.12 bits per heavy atom. The van der Waals surface area contributed by atoms with Gasteiger partial charge in [-0.3, -0.25) is 0 Å². The number of aliphatic hydroxyl groups is 1. The van der Waals surface area contributed by atoms with Crippen LogP contribution in [0.5, 0.6) is 0 Å². The van der Waals surface area contributed by atoms with E-state index < -0.39 is 6.10 Å². The number of hydrogen-bond donors (Lipinski definition) is 1. The molecule has 1 aliphatic rings. The van der Waals surface area contributed by atoms with Crippen LogP contribution in [0.15, 0.2) is 47.1 Å². The fourth-order valence-corrected chi connectivity index (χ4v) is 2.13. The Balaban J connectivity index is 1.99. The van der Waals surface area contributed by atoms with Crippen LogP contribution in [-0.4, -0.2) is 5.11 Å². The molecule has 0 radical (unpaired) electrons. The molecule has 2 aromatic rings. The SMILES string of the molecule is OC(c1ccco1)c1ccccc1C1CC1. The van der Waals surface area contributed by atoms with Crippen LogP contribution >= 0.6 is 0 Å². The third-order valence-electron chi connectivity index (χ3n) is 3.12. The molecular formula is C14H14O2. The summed E-state index contributed by atoms with van der Waals surface area (Å²) in [5.41, 5.74) is 2.26. The topological polar surface area (TPSA) is 33.4 Å². The third kappa shape index (κ3) is 1.65. The van der Waals surface area contributed by atoms with Gasteiger partial charge in [-0.15, -0.1) is 0 Å². The summed E-state index contributed by atoms with van der Waals surface area (Å²) in [7, 11) is 0. The Labute approximate surface area is 94.5 Å². The fourth-order valence-electron chi connectivity index (χ4n) is 2.13. The van der Waals surface area contributed by atoms with Crippen molar-refractivity contribution in [2.45, 2.75) is 24.9 Å². The monoisotopic (exact) mass is 214 g/mol. The molecule has 2 heteroatoms. The highest BCUT2D eigenvalue weighted by atomic mass is 16.4. The Morgan fingerprint density at radius 2 is 1.94 bits per heavy atom. The number of benzene rings is 1. The first-order valence-electron chi connectivity index (χ1n) is 5.66. The van der Waals surface area contributed by atoms with Gasteiger partial charge in [-0.05, 0) is 42.0 Å². The van der Waals surface area contributed by atoms with E-state index in [9.17, 15) is 5.11 Å². The Bertz CT molecular complexity index is 469. The van der Waals surface area contributed by atoms with Gasteiger partial charge in [0.15, 0.2) is 0 Å². The van der Waals surface area contributed by atoms with Crippen LogP contribution in [0.25, 0.3) is 0 Å². The van der Waals surface area contributed by atoms with Gasteiger partial charge in [-0.2, -0.15) is 0 Å². The van der Waals surface area contributed by atoms with E-state index in [0.717, 1.165) is 5.56 Å². The largest absolute Gasteiger partial charge is 0.466 e. The summed E-state index contributed by atoms with van der Waals surface area (Å²) >= 11 is 0. The van der Waals surface area contributed by atoms with Crippen molar-refractivity contribution in [1.82, 2.24) is 0 Å². The van der Waals surface area contributed by atoms with Crippen molar-refractivity contribution in [3.8, 4) is 0 Å². The predicted molar refractivity (Wildman–Crippen MR) is 61.2 cm³/mol. The number of aliphatic hydroxyl groups excluding tert-OH is 1. The molecule has 1 N–H and O–H groups in total. The molecular weight excluding hydrogens is 200 g/mol. The number of furan rings is 1. The zero-order valence-electron chi connectivity index (χ0n) is 8.97. The lowest BCUT2D eigenvalue weighted by Gasteiger charge is -2.13. The Morgan fingerprint density at radius 3 is 2.62 bits per heavy atom. The Hall–Kier alpha value is -1.54. The highest BCUT2D eigenvalue weighted by molar-refractivity contribution is 5.37. The molecule has 1 aromatic carbocycles. The van der Waals surface area contributed by atoms with Crippen LogP contribution in [0, 0.1) is 0 Å². The molecule has 3 rings (SSSR count). The van der Waals surface area contributed by atoms with Crippen molar-refractivity contribution in [2.75, 3.05) is 0 Å². The van der Waals surface area contributed by atoms with E-state index in [-0.39, 0.29) is 0 Å². The molecule has 0 saturated heterocycles. The molecule has 0 spiro atoms. The van der Waals surface area contributed by atoms with Crippen molar-refractivity contribution in [2.24, 2.45) is 0 Å². The quantitative estimate of drug-likeness (QED) is 0.850. The molecule has 1 aromatic heterocycles. The standard InChI is InChI=1S/C14H14O2/c15-14(13-6-3-9-16-13)12-5-2-1-4-11(12)10-7-8-10/h1-6,9-10,14-15H,7-8H2. The molecule has 1 fully saturated rings. The maximum atomic E-state index is 10.2. The molecule has 1 atom stereocenters. The molecule has 1 unspecified atom stereocenters. The average Bonchev–Trinajstić information content (AvgIpc) is 3.03. The van der Waals surface area contributed by atoms with Gasteiger partial charge in [0.1, 0.15) is 11.9 Å². The van der Waals surface area contributed by atoms with Crippen LogP contribution in [0.3, 0.4) is 0 Å². The zero-order valence-corrected chi connectivity index (χ0v) is 8.97. The van der Waals surface area contributed by atoms with Gasteiger partial charge in [0.25, 0.3) is 0 Å². The summed E-state index contributed by atoms with van der Waals surface area (Å²) in [6, 6.07) is 11.7. The van der Waals surface area contributed by atoms with Crippen molar-refractivity contribution in [3.63, 3.8) is 0 Å². The van der Waals surface area contributed by atoms with Crippen LogP contribution in [0.2, 0.25) is 0 Å². The van der Waals surface area contributed by atoms with E-state index in [0.29, 0.717) is 11.7 Å². The van der Waals surface area contributed by atoms with Gasteiger partial charge in [0.05, 0.1) is 6.26 Å². The summed E-state index contributed by atoms with van der Waals surface area (Å²) in [5.74, 6) is 1.26. The molecule has 0 amide bonds. The average molecular weight is 214 g/mol. The van der Waals surface area contributed by atoms with Crippen LogP contribution in [0.1, 0.15) is 41.8 Å². The van der Waals surface area contributed by atoms with Crippen molar-refractivity contribution < 1.29 is 9.52 Å². The summed E-state index contributed by atoms with van der Waals surface area (Å²) in [6.07, 6.45) is 3.44. The minimum absolute atomic E-state index is 0.619. The minimum Gasteiger partial charge on any atom is -0.466 e. The lowest BCUT2D eigenvalue weighted by Crippen LogP contribution is -2.01. The Kier molecular flexibility index (Phi) is 2.29. The van der Waals surface area contributed by atoms with Crippen molar-refractivity contribution in [1.29, 1.82) is 0 Å². The first-order chi connectivity index (χ1) is 7.86. The third-order valence-corrected chi connectivity index (χ3v) is 3.12. The molecule has 16 heavy (non-hydrogen) atoms. The van der Waals surface area contributed by atoms with Gasteiger partial charge < -0.3 is 9.52 Å². The van der Waals surface area contributed by atoms with E-state index in [1.807, 2.05) is 24.3 Å². The fraction of sp³-hybridized carbons (Fsp3) is 0.286. The van der Waals surface area contributed by atoms with Crippen molar-refractivity contribution >= 4 is 0 Å². The van der Waals surface area contributed by atoms with E-state index in [1.54, 1.807) is 12.3 Å². The van der Waals surface area contributed by atoms with Gasteiger partial charge >= 0.3 is 0 Å². The molecule has 1 aliphatic carbocycles. The number of hydrogen-bond acceptors (Lipinski definition) is 2. The second-order valence-corrected chi connectivity index (χ2v) is 4.32. The summed E-state index contributed by atoms with van der Waals surface area (Å²) < 4.78 is 5.25. The molecule has 0 bridgehead atoms. The smallest absolute Gasteiger partial charge is 0.137 e. The van der Waals surface area contributed by atoms with Gasteiger partial charge in [0.2, 0.25) is 0 Å². The highest BCUT2D eigenvalue weighted by Crippen LogP contribution is 2.43. The minimum atomic E-state index is -0.633. The lowest BCUT2D eigenvalue weighted by molar-refractivity contribution is 0.188. The van der Waals surface area contributed by atoms with Gasteiger partial charge in [0, 0.05) is 0 Å². The lowest BCUT2D eigenvalue weighted by atomic mass is 9.97. The number of rotatable bonds is 3. The molecule has 1 heterocycles. The molecule has 82 valence electrons. The summed E-state index contributed by atoms with van der Waals surface area (Å²) in [4.78, 5) is 0. The summed E-state index contributed by atoms with van der Waals surface area (Å²) in [5, 5.41) is 10.2. The van der Waals surface area contributed by atoms with Gasteiger partial charge in [-0.25, -0.2) is 0 Å². The predicted octanol–water partition coefficient (Wildman–Crippen LogP) is 3.24. The molecule has 0 aliphatic heterocycles. The molecule has 2 nitrogen and oxygen atoms in total. The van der Waals surface area contributed by atoms with E-state index >= 15 is 0 Å². The van der Waals surface area contributed by atoms with E-state index in [4.69, 9.17) is 4.42 Å². The van der Waals surface area contributed by atoms with Gasteiger partial charge in [-0.1, -0.05) is 24.3 Å². The van der Waals surface area contributed by atoms with Crippen LogP contribution in [0.4, 0.5) is 0 Å². The zero-order chi connectivity index (χ0) is 11.0. The van der Waals surface area contributed by atoms with Crippen LogP contribution in [-0.2, 0) is 0 Å². The molecule has 1 saturated carbocycles. The normalized spacial score (nSPS) is 17.3. The van der Waals surface area contributed by atoms with E-state index in [1.165, 1.54) is 18.4 Å². The first kappa shape index (κ1) is 9.67. The van der Waals surface area contributed by atoms with Crippen LogP contribution < -0.4 is 0 Å². The van der Waals surface area contributed by atoms with Crippen molar-refractivity contribution in [3.05, 3.63) is 59.5 Å². The maximum absolute atomic E-state index is 10.2. The second-order valence-electron chi connectivity index (χ2n) is 4.32. The second kappa shape index (κ2) is 3.80. The highest BCUT2D eigenvalue weighted by Gasteiger charge is 2.28. The van der Waals surface area contributed by atoms with E-state index in [2.05, 4.69) is 6.07 Å². The first-order valence-corrected chi connectivity index (χ1v) is 5.66.